The number of Topliss-reactive ketones (excluding diaryl/α,β-unsaturated/α-hetero) is 1. The van der Waals surface area contributed by atoms with E-state index >= 15 is 0 Å². The van der Waals surface area contributed by atoms with E-state index in [2.05, 4.69) is 42.3 Å². The van der Waals surface area contributed by atoms with Crippen molar-refractivity contribution in [3.63, 3.8) is 0 Å². The maximum absolute atomic E-state index is 14.8. The highest BCUT2D eigenvalue weighted by Crippen LogP contribution is 2.57. The summed E-state index contributed by atoms with van der Waals surface area (Å²) in [5, 5.41) is 1.16. The van der Waals surface area contributed by atoms with Gasteiger partial charge in [0.1, 0.15) is 6.10 Å². The molecule has 2 aliphatic heterocycles. The monoisotopic (exact) mass is 759 g/mol. The Labute approximate surface area is 318 Å². The third-order valence-corrected chi connectivity index (χ3v) is 14.2. The summed E-state index contributed by atoms with van der Waals surface area (Å²) in [7, 11) is -3.84. The maximum atomic E-state index is 14.8. The number of sulfonamides is 1. The third-order valence-electron chi connectivity index (χ3n) is 12.3. The van der Waals surface area contributed by atoms with Crippen LogP contribution in [0.5, 0.6) is 5.88 Å². The number of ketones is 1. The van der Waals surface area contributed by atoms with Crippen molar-refractivity contribution in [2.45, 2.75) is 115 Å². The lowest BCUT2D eigenvalue weighted by Crippen LogP contribution is -2.47. The Morgan fingerprint density at radius 2 is 1.87 bits per heavy atom. The van der Waals surface area contributed by atoms with Crippen LogP contribution < -0.4 is 9.46 Å². The summed E-state index contributed by atoms with van der Waals surface area (Å²) in [5.41, 5.74) is -0.516. The van der Waals surface area contributed by atoms with E-state index in [9.17, 15) is 27.6 Å². The van der Waals surface area contributed by atoms with Gasteiger partial charge >= 0.3 is 5.97 Å². The summed E-state index contributed by atoms with van der Waals surface area (Å²) < 4.78 is 40.2. The number of aromatic nitrogens is 1. The molecule has 1 saturated heterocycles. The highest BCUT2D eigenvalue weighted by Gasteiger charge is 2.61. The fourth-order valence-corrected chi connectivity index (χ4v) is 10.2. The molecule has 7 rings (SSSR count). The van der Waals surface area contributed by atoms with Crippen LogP contribution in [0.4, 0.5) is 0 Å². The fraction of sp³-hybridized carbons (Fsp3) is 0.595. The highest BCUT2D eigenvalue weighted by molar-refractivity contribution is 7.90. The molecule has 4 bridgehead atoms. The van der Waals surface area contributed by atoms with Crippen LogP contribution in [0.25, 0.3) is 16.8 Å². The van der Waals surface area contributed by atoms with E-state index < -0.39 is 50.6 Å². The molecule has 2 aromatic rings. The fourth-order valence-electron chi connectivity index (χ4n) is 8.79. The van der Waals surface area contributed by atoms with Crippen LogP contribution in [0.1, 0.15) is 103 Å². The number of allylic oxidation sites excluding steroid dienone is 2. The minimum Gasteiger partial charge on any atom is -0.472 e. The smallest absolute Gasteiger partial charge is 0.306 e. The summed E-state index contributed by atoms with van der Waals surface area (Å²) in [6, 6.07) is 7.07. The highest BCUT2D eigenvalue weighted by atomic mass is 32.2. The molecule has 0 spiro atoms. The number of pyridine rings is 1. The first-order valence-corrected chi connectivity index (χ1v) is 21.2. The molecule has 4 fully saturated rings. The average molecular weight is 760 g/mol. The normalized spacial score (nSPS) is 30.0. The first-order valence-electron chi connectivity index (χ1n) is 19.7. The molecule has 1 aromatic carbocycles. The van der Waals surface area contributed by atoms with Crippen LogP contribution >= 0.6 is 0 Å². The number of hydrogen-bond acceptors (Lipinski definition) is 9. The number of nitrogens with zero attached hydrogens (tertiary/aromatic N) is 2. The third kappa shape index (κ3) is 8.28. The van der Waals surface area contributed by atoms with Gasteiger partial charge < -0.3 is 14.4 Å². The molecule has 0 radical (unpaired) electrons. The van der Waals surface area contributed by atoms with Crippen molar-refractivity contribution in [1.82, 2.24) is 14.6 Å². The van der Waals surface area contributed by atoms with Gasteiger partial charge in [0.25, 0.3) is 0 Å². The Balaban J connectivity index is 1.21. The quantitative estimate of drug-likeness (QED) is 0.242. The zero-order valence-corrected chi connectivity index (χ0v) is 32.3. The molecule has 5 atom stereocenters. The maximum Gasteiger partial charge on any atom is 0.306 e. The Kier molecular flexibility index (Phi) is 10.8. The molecule has 1 aromatic heterocycles. The predicted octanol–water partition coefficient (Wildman–Crippen LogP) is 6.31. The molecule has 0 unspecified atom stereocenters. The van der Waals surface area contributed by atoms with E-state index in [1.807, 2.05) is 24.3 Å². The number of cyclic esters (lactones) is 1. The SMILES string of the molecule is C=C[C@H]1C[C@]1(CC(=O)[C@@H]1C[C@@H]2CN1C(=O)[C@H](C1CCCC1)CC(=O)OCC(C)(C)CCC/C=C/c1ccc3ccnc(c3c1)O2)C(=O)NS(=O)(=O)C1CC1. The van der Waals surface area contributed by atoms with Crippen LogP contribution in [0.3, 0.4) is 0 Å². The van der Waals surface area contributed by atoms with Gasteiger partial charge in [-0.25, -0.2) is 13.4 Å². The molecule has 54 heavy (non-hydrogen) atoms. The average Bonchev–Trinajstić information content (AvgIpc) is 4.01. The minimum absolute atomic E-state index is 0.0325. The number of rotatable bonds is 8. The number of amides is 2. The Hall–Kier alpha value is -4.06. The molecule has 3 heterocycles. The largest absolute Gasteiger partial charge is 0.472 e. The van der Waals surface area contributed by atoms with Crippen molar-refractivity contribution >= 4 is 50.4 Å². The molecule has 5 aliphatic rings. The van der Waals surface area contributed by atoms with Crippen LogP contribution in [-0.4, -0.2) is 72.4 Å². The van der Waals surface area contributed by atoms with E-state index in [0.717, 1.165) is 61.3 Å². The van der Waals surface area contributed by atoms with Crippen molar-refractivity contribution in [2.75, 3.05) is 13.2 Å². The van der Waals surface area contributed by atoms with Crippen LogP contribution in [0, 0.1) is 28.6 Å². The van der Waals surface area contributed by atoms with Crippen molar-refractivity contribution in [3.05, 3.63) is 54.8 Å². The first kappa shape index (κ1) is 38.2. The van der Waals surface area contributed by atoms with E-state index in [-0.39, 0.29) is 61.4 Å². The number of benzene rings is 1. The zero-order chi connectivity index (χ0) is 38.3. The van der Waals surface area contributed by atoms with Gasteiger partial charge in [0.15, 0.2) is 5.78 Å². The van der Waals surface area contributed by atoms with Gasteiger partial charge in [0.05, 0.1) is 42.2 Å². The van der Waals surface area contributed by atoms with Gasteiger partial charge in [0.2, 0.25) is 27.7 Å². The predicted molar refractivity (Wildman–Crippen MR) is 204 cm³/mol. The molecule has 12 heteroatoms. The summed E-state index contributed by atoms with van der Waals surface area (Å²) in [5.74, 6) is -2.44. The summed E-state index contributed by atoms with van der Waals surface area (Å²) in [4.78, 5) is 62.6. The number of ether oxygens (including phenoxy) is 2. The summed E-state index contributed by atoms with van der Waals surface area (Å²) in [6.45, 7) is 8.35. The van der Waals surface area contributed by atoms with Gasteiger partial charge in [-0.1, -0.05) is 57.0 Å². The molecule has 290 valence electrons. The number of esters is 1. The van der Waals surface area contributed by atoms with E-state index in [1.54, 1.807) is 17.2 Å². The topological polar surface area (TPSA) is 149 Å². The number of carbonyl (C=O) groups excluding carboxylic acids is 4. The Morgan fingerprint density at radius 1 is 1.09 bits per heavy atom. The Morgan fingerprint density at radius 3 is 2.59 bits per heavy atom. The lowest BCUT2D eigenvalue weighted by molar-refractivity contribution is -0.153. The second-order valence-electron chi connectivity index (χ2n) is 17.1. The molecular formula is C42H53N3O8S. The number of carbonyl (C=O) groups is 4. The van der Waals surface area contributed by atoms with E-state index in [0.29, 0.717) is 25.1 Å². The molecule has 3 saturated carbocycles. The number of nitrogens with one attached hydrogen (secondary N) is 1. The standard InChI is InChI=1S/C42H53N3O8S/c1-4-30-23-42(30,40(49)44-54(50,51)32-15-16-32)24-36(46)35-21-31-25-45(35)39(48)34(28-11-7-8-12-28)22-37(47)52-26-41(2,3)18-9-5-6-10-27-13-14-29-17-19-43-38(53-31)33(29)20-27/h4,6,10,13-14,17,19-20,28,30-32,34-35H,1,5,7-9,11-12,15-16,18,21-26H2,2-3H3,(H,44,49)/b10-6+/t30-,31+,34-,35-,42+/m0/s1. The van der Waals surface area contributed by atoms with Gasteiger partial charge in [-0.05, 0) is 91.7 Å². The van der Waals surface area contributed by atoms with Crippen LogP contribution in [0.15, 0.2) is 49.2 Å². The second-order valence-corrected chi connectivity index (χ2v) is 19.0. The first-order chi connectivity index (χ1) is 25.8. The van der Waals surface area contributed by atoms with Gasteiger partial charge in [-0.3, -0.25) is 23.9 Å². The number of hydrogen-bond donors (Lipinski definition) is 1. The lowest BCUT2D eigenvalue weighted by Gasteiger charge is -2.31. The van der Waals surface area contributed by atoms with Crippen molar-refractivity contribution in [2.24, 2.45) is 28.6 Å². The zero-order valence-electron chi connectivity index (χ0n) is 31.5. The van der Waals surface area contributed by atoms with Crippen LogP contribution in [0.2, 0.25) is 0 Å². The van der Waals surface area contributed by atoms with E-state index in [1.165, 1.54) is 0 Å². The van der Waals surface area contributed by atoms with Gasteiger partial charge in [0, 0.05) is 24.4 Å². The number of fused-ring (bicyclic) bond motifs is 3. The van der Waals surface area contributed by atoms with Crippen molar-refractivity contribution in [3.8, 4) is 5.88 Å². The summed E-state index contributed by atoms with van der Waals surface area (Å²) >= 11 is 0. The lowest BCUT2D eigenvalue weighted by atomic mass is 9.85. The van der Waals surface area contributed by atoms with Gasteiger partial charge in [-0.2, -0.15) is 0 Å². The summed E-state index contributed by atoms with van der Waals surface area (Å²) in [6.07, 6.45) is 14.2. The molecule has 2 amide bonds. The molecular weight excluding hydrogens is 707 g/mol. The molecule has 3 aliphatic carbocycles. The van der Waals surface area contributed by atoms with Crippen LogP contribution in [-0.2, 0) is 33.9 Å². The van der Waals surface area contributed by atoms with E-state index in [4.69, 9.17) is 9.47 Å². The Bertz CT molecular complexity index is 1950. The van der Waals surface area contributed by atoms with Crippen molar-refractivity contribution < 1.29 is 37.1 Å². The molecule has 1 N–H and O–H groups in total. The van der Waals surface area contributed by atoms with Gasteiger partial charge in [-0.15, -0.1) is 6.58 Å². The minimum atomic E-state index is -3.84. The molecule has 11 nitrogen and oxygen atoms in total. The second kappa shape index (κ2) is 15.2. The van der Waals surface area contributed by atoms with Crippen molar-refractivity contribution in [1.29, 1.82) is 0 Å².